The molecule has 0 aliphatic carbocycles. The maximum Gasteiger partial charge on any atom is 0.454 e. The Morgan fingerprint density at radius 3 is 2.26 bits per heavy atom. The number of rotatable bonds is 2. The highest BCUT2D eigenvalue weighted by Crippen LogP contribution is 2.50. The van der Waals surface area contributed by atoms with Gasteiger partial charge in [0.05, 0.1) is 29.4 Å². The van der Waals surface area contributed by atoms with Crippen LogP contribution in [0.5, 0.6) is 5.75 Å². The zero-order valence-electron chi connectivity index (χ0n) is 19.8. The van der Waals surface area contributed by atoms with Gasteiger partial charge in [-0.2, -0.15) is 39.5 Å². The molecule has 39 heavy (non-hydrogen) atoms. The van der Waals surface area contributed by atoms with Gasteiger partial charge in [-0.25, -0.2) is 4.98 Å². The zero-order chi connectivity index (χ0) is 28.7. The molecule has 5 nitrogen and oxygen atoms in total. The number of aromatic nitrogens is 1. The van der Waals surface area contributed by atoms with Crippen molar-refractivity contribution in [1.82, 2.24) is 4.98 Å². The Bertz CT molecular complexity index is 1660. The molecule has 3 aromatic carbocycles. The molecule has 0 radical (unpaired) electrons. The van der Waals surface area contributed by atoms with Crippen molar-refractivity contribution in [2.45, 2.75) is 24.6 Å². The molecule has 1 unspecified atom stereocenters. The third kappa shape index (κ3) is 4.26. The monoisotopic (exact) mass is 562 g/mol. The van der Waals surface area contributed by atoms with Crippen molar-refractivity contribution in [3.8, 4) is 5.75 Å². The summed E-state index contributed by atoms with van der Waals surface area (Å²) in [6.45, 7) is -0.716. The molecular formula is C25H15F9N2O3. The van der Waals surface area contributed by atoms with E-state index in [1.54, 1.807) is 0 Å². The maximum atomic E-state index is 14.4. The number of nitrogens with zero attached hydrogens (tertiary/aromatic N) is 2. The summed E-state index contributed by atoms with van der Waals surface area (Å²) in [6.07, 6.45) is -18.2. The molecule has 1 aliphatic rings. The number of halogens is 9. The van der Waals surface area contributed by atoms with Gasteiger partial charge in [0.1, 0.15) is 12.5 Å². The first-order valence-corrected chi connectivity index (χ1v) is 11.0. The minimum absolute atomic E-state index is 0.00965. The molecule has 0 saturated heterocycles. The van der Waals surface area contributed by atoms with Crippen LogP contribution >= 0.6 is 0 Å². The van der Waals surface area contributed by atoms with E-state index < -0.39 is 81.2 Å². The van der Waals surface area contributed by atoms with Crippen LogP contribution in [0.4, 0.5) is 45.2 Å². The van der Waals surface area contributed by atoms with Crippen LogP contribution in [0.3, 0.4) is 0 Å². The van der Waals surface area contributed by atoms with E-state index >= 15 is 0 Å². The van der Waals surface area contributed by atoms with E-state index in [9.17, 15) is 44.3 Å². The predicted molar refractivity (Wildman–Crippen MR) is 122 cm³/mol. The van der Waals surface area contributed by atoms with Gasteiger partial charge in [0.2, 0.25) is 0 Å². The van der Waals surface area contributed by atoms with Gasteiger partial charge in [-0.1, -0.05) is 12.1 Å². The molecule has 2 heterocycles. The van der Waals surface area contributed by atoms with Gasteiger partial charge in [-0.05, 0) is 24.3 Å². The number of benzene rings is 3. The van der Waals surface area contributed by atoms with E-state index in [1.807, 2.05) is 0 Å². The van der Waals surface area contributed by atoms with Gasteiger partial charge in [-0.15, -0.1) is 0 Å². The lowest BCUT2D eigenvalue weighted by atomic mass is 9.89. The molecule has 0 amide bonds. The number of fused-ring (bicyclic) bond motifs is 6. The van der Waals surface area contributed by atoms with Gasteiger partial charge in [-0.3, -0.25) is 4.79 Å². The van der Waals surface area contributed by atoms with Gasteiger partial charge in [0.25, 0.3) is 5.78 Å². The largest absolute Gasteiger partial charge is 0.497 e. The quantitative estimate of drug-likeness (QED) is 0.111. The molecule has 0 spiro atoms. The van der Waals surface area contributed by atoms with Gasteiger partial charge in [0, 0.05) is 39.7 Å². The average Bonchev–Trinajstić information content (AvgIpc) is 2.83. The van der Waals surface area contributed by atoms with E-state index in [0.717, 1.165) is 23.1 Å². The van der Waals surface area contributed by atoms with Crippen molar-refractivity contribution < 1.29 is 53.8 Å². The van der Waals surface area contributed by atoms with E-state index in [0.29, 0.717) is 6.07 Å². The van der Waals surface area contributed by atoms with Crippen molar-refractivity contribution in [3.05, 3.63) is 53.1 Å². The number of hydrogen-bond acceptors (Lipinski definition) is 5. The number of alkyl halides is 9. The SMILES string of the molecule is COc1ccc2nc3c(cc(C(=O)C(F)(F)F)c4c5c(ccc43)C(C(F)(F)F)OCN5C)c(C(F)(F)F)c2c1. The average molecular weight is 562 g/mol. The second-order valence-corrected chi connectivity index (χ2v) is 8.86. The number of hydrogen-bond donors (Lipinski definition) is 0. The molecule has 0 bridgehead atoms. The minimum Gasteiger partial charge on any atom is -0.497 e. The molecule has 0 N–H and O–H groups in total. The number of methoxy groups -OCH3 is 1. The second kappa shape index (κ2) is 8.60. The topological polar surface area (TPSA) is 51.7 Å². The Kier molecular flexibility index (Phi) is 5.90. The Morgan fingerprint density at radius 2 is 1.67 bits per heavy atom. The first kappa shape index (κ1) is 26.8. The van der Waals surface area contributed by atoms with Gasteiger partial charge >= 0.3 is 18.5 Å². The van der Waals surface area contributed by atoms with Gasteiger partial charge < -0.3 is 14.4 Å². The van der Waals surface area contributed by atoms with Crippen molar-refractivity contribution >= 4 is 44.0 Å². The number of ketones is 1. The van der Waals surface area contributed by atoms with Crippen LogP contribution in [0.1, 0.15) is 27.6 Å². The lowest BCUT2D eigenvalue weighted by molar-refractivity contribution is -0.225. The fourth-order valence-electron chi connectivity index (χ4n) is 4.90. The normalized spacial score (nSPS) is 16.7. The zero-order valence-corrected chi connectivity index (χ0v) is 19.8. The van der Waals surface area contributed by atoms with Crippen LogP contribution in [0.2, 0.25) is 0 Å². The summed E-state index contributed by atoms with van der Waals surface area (Å²) in [6, 6.07) is 5.77. The summed E-state index contributed by atoms with van der Waals surface area (Å²) < 4.78 is 136. The highest BCUT2D eigenvalue weighted by atomic mass is 19.4. The van der Waals surface area contributed by atoms with Crippen molar-refractivity contribution in [2.24, 2.45) is 0 Å². The molecule has 1 atom stereocenters. The van der Waals surface area contributed by atoms with Crippen LogP contribution in [0.25, 0.3) is 32.6 Å². The highest BCUT2D eigenvalue weighted by Gasteiger charge is 2.47. The fraction of sp³-hybridized carbons (Fsp3) is 0.280. The minimum atomic E-state index is -5.55. The van der Waals surface area contributed by atoms with Crippen LogP contribution in [0, 0.1) is 0 Å². The van der Waals surface area contributed by atoms with E-state index in [1.165, 1.54) is 26.3 Å². The third-order valence-electron chi connectivity index (χ3n) is 6.43. The van der Waals surface area contributed by atoms with Crippen molar-refractivity contribution in [2.75, 3.05) is 25.8 Å². The molecule has 0 saturated carbocycles. The van der Waals surface area contributed by atoms with Crippen LogP contribution in [0.15, 0.2) is 36.4 Å². The third-order valence-corrected chi connectivity index (χ3v) is 6.43. The first-order valence-electron chi connectivity index (χ1n) is 11.0. The molecule has 1 aromatic heterocycles. The van der Waals surface area contributed by atoms with E-state index in [-0.39, 0.29) is 16.7 Å². The summed E-state index contributed by atoms with van der Waals surface area (Å²) in [7, 11) is 2.42. The summed E-state index contributed by atoms with van der Waals surface area (Å²) in [5, 5.41) is -2.31. The fourth-order valence-corrected chi connectivity index (χ4v) is 4.90. The molecule has 0 fully saturated rings. The van der Waals surface area contributed by atoms with E-state index in [4.69, 9.17) is 9.47 Å². The molecular weight excluding hydrogens is 547 g/mol. The second-order valence-electron chi connectivity index (χ2n) is 8.86. The first-order chi connectivity index (χ1) is 18.0. The standard InChI is InChI=1S/C25H15F9N2O3/c1-36-9-39-22(25(32,33)34)12-5-4-11-17(20(12)36)14(21(37)24(29,30)31)8-15-18(23(26,27)28)13-7-10(38-2)3-6-16(13)35-19(11)15/h3-8,22H,9H2,1-2H3. The predicted octanol–water partition coefficient (Wildman–Crippen LogP) is 7.34. The number of carbonyl (C=O) groups excluding carboxylic acids is 1. The summed E-state index contributed by atoms with van der Waals surface area (Å²) in [4.78, 5) is 17.9. The van der Waals surface area contributed by atoms with Crippen molar-refractivity contribution in [3.63, 3.8) is 0 Å². The van der Waals surface area contributed by atoms with Crippen LogP contribution in [-0.2, 0) is 10.9 Å². The number of ether oxygens (including phenoxy) is 2. The van der Waals surface area contributed by atoms with Crippen LogP contribution in [-0.4, -0.2) is 44.0 Å². The van der Waals surface area contributed by atoms with E-state index in [2.05, 4.69) is 4.98 Å². The lowest BCUT2D eigenvalue weighted by Gasteiger charge is -2.35. The summed E-state index contributed by atoms with van der Waals surface area (Å²) in [5.41, 5.74) is -4.29. The maximum absolute atomic E-state index is 14.4. The molecule has 1 aliphatic heterocycles. The Labute approximate surface area is 212 Å². The smallest absolute Gasteiger partial charge is 0.454 e. The molecule has 5 rings (SSSR count). The number of pyridine rings is 1. The Balaban J connectivity index is 2.04. The Morgan fingerprint density at radius 1 is 0.974 bits per heavy atom. The number of carbonyl (C=O) groups is 1. The molecule has 206 valence electrons. The van der Waals surface area contributed by atoms with Crippen LogP contribution < -0.4 is 9.64 Å². The highest BCUT2D eigenvalue weighted by molar-refractivity contribution is 6.23. The number of Topliss-reactive ketones (excluding diaryl/α,β-unsaturated/α-hetero) is 1. The van der Waals surface area contributed by atoms with Gasteiger partial charge in [0.15, 0.2) is 6.10 Å². The number of anilines is 1. The lowest BCUT2D eigenvalue weighted by Crippen LogP contribution is -2.36. The molecule has 4 aromatic rings. The molecule has 14 heteroatoms. The Hall–Kier alpha value is -3.81. The summed E-state index contributed by atoms with van der Waals surface area (Å²) >= 11 is 0. The summed E-state index contributed by atoms with van der Waals surface area (Å²) in [5.74, 6) is -2.51. The van der Waals surface area contributed by atoms with Crippen molar-refractivity contribution in [1.29, 1.82) is 0 Å².